The number of rotatable bonds is 9. The summed E-state index contributed by atoms with van der Waals surface area (Å²) in [7, 11) is -3.86. The van der Waals surface area contributed by atoms with E-state index >= 15 is 0 Å². The van der Waals surface area contributed by atoms with Crippen LogP contribution in [0.5, 0.6) is 0 Å². The number of nitrogens with one attached hydrogen (secondary N) is 1. The molecule has 2 rings (SSSR count). The monoisotopic (exact) mass is 499 g/mol. The number of hydrogen-bond donors (Lipinski definition) is 1. The van der Waals surface area contributed by atoms with E-state index in [0.29, 0.717) is 11.6 Å². The summed E-state index contributed by atoms with van der Waals surface area (Å²) < 4.78 is 25.9. The van der Waals surface area contributed by atoms with Gasteiger partial charge in [-0.3, -0.25) is 13.9 Å². The Morgan fingerprint density at radius 2 is 1.72 bits per heavy atom. The number of anilines is 1. The van der Waals surface area contributed by atoms with Gasteiger partial charge in [0.2, 0.25) is 21.8 Å². The quantitative estimate of drug-likeness (QED) is 0.570. The van der Waals surface area contributed by atoms with Crippen molar-refractivity contribution < 1.29 is 18.0 Å². The molecule has 0 saturated carbocycles. The smallest absolute Gasteiger partial charge is 0.244 e. The van der Waals surface area contributed by atoms with Gasteiger partial charge in [0.05, 0.1) is 17.0 Å². The van der Waals surface area contributed by atoms with E-state index in [1.54, 1.807) is 13.8 Å². The van der Waals surface area contributed by atoms with Crippen LogP contribution < -0.4 is 9.62 Å². The summed E-state index contributed by atoms with van der Waals surface area (Å²) in [5.74, 6) is -0.871. The highest BCUT2D eigenvalue weighted by Crippen LogP contribution is 2.30. The lowest BCUT2D eigenvalue weighted by Crippen LogP contribution is -2.51. The molecule has 0 unspecified atom stereocenters. The van der Waals surface area contributed by atoms with Crippen LogP contribution in [0, 0.1) is 6.92 Å². The van der Waals surface area contributed by atoms with Gasteiger partial charge in [0.15, 0.2) is 0 Å². The Morgan fingerprint density at radius 3 is 2.25 bits per heavy atom. The summed E-state index contributed by atoms with van der Waals surface area (Å²) in [6.45, 7) is 5.37. The zero-order chi connectivity index (χ0) is 24.1. The normalized spacial score (nSPS) is 12.2. The van der Waals surface area contributed by atoms with Gasteiger partial charge >= 0.3 is 0 Å². The van der Waals surface area contributed by atoms with Gasteiger partial charge < -0.3 is 10.2 Å². The third-order valence-corrected chi connectivity index (χ3v) is 6.51. The highest BCUT2D eigenvalue weighted by Gasteiger charge is 2.30. The van der Waals surface area contributed by atoms with E-state index in [9.17, 15) is 18.0 Å². The number of benzene rings is 2. The largest absolute Gasteiger partial charge is 0.355 e. The molecule has 1 atom stereocenters. The number of halogens is 2. The van der Waals surface area contributed by atoms with Crippen molar-refractivity contribution in [2.75, 3.05) is 23.7 Å². The number of hydrogen-bond acceptors (Lipinski definition) is 4. The first-order chi connectivity index (χ1) is 14.9. The Kier molecular flexibility index (Phi) is 8.95. The van der Waals surface area contributed by atoms with Gasteiger partial charge in [-0.2, -0.15) is 0 Å². The summed E-state index contributed by atoms with van der Waals surface area (Å²) in [4.78, 5) is 27.2. The molecule has 0 aliphatic carbocycles. The van der Waals surface area contributed by atoms with Crippen molar-refractivity contribution in [3.63, 3.8) is 0 Å². The second-order valence-corrected chi connectivity index (χ2v) is 10.2. The first-order valence-corrected chi connectivity index (χ1v) is 12.6. The van der Waals surface area contributed by atoms with E-state index < -0.39 is 28.5 Å². The Labute approximate surface area is 199 Å². The molecular weight excluding hydrogens is 473 g/mol. The molecule has 174 valence electrons. The molecule has 0 radical (unpaired) electrons. The number of sulfonamides is 1. The first kappa shape index (κ1) is 26.0. The van der Waals surface area contributed by atoms with E-state index in [1.807, 2.05) is 31.2 Å². The second kappa shape index (κ2) is 11.0. The van der Waals surface area contributed by atoms with Gasteiger partial charge in [-0.25, -0.2) is 8.42 Å². The first-order valence-electron chi connectivity index (χ1n) is 9.99. The third-order valence-electron chi connectivity index (χ3n) is 4.85. The van der Waals surface area contributed by atoms with E-state index in [4.69, 9.17) is 23.2 Å². The summed E-state index contributed by atoms with van der Waals surface area (Å²) in [6.07, 6.45) is 0.989. The molecule has 7 nitrogen and oxygen atoms in total. The summed E-state index contributed by atoms with van der Waals surface area (Å²) in [5, 5.41) is 3.14. The van der Waals surface area contributed by atoms with E-state index in [-0.39, 0.29) is 23.2 Å². The molecular formula is C22H27Cl2N3O4S. The van der Waals surface area contributed by atoms with Crippen molar-refractivity contribution in [2.24, 2.45) is 0 Å². The van der Waals surface area contributed by atoms with Gasteiger partial charge in [0.1, 0.15) is 12.6 Å². The highest BCUT2D eigenvalue weighted by molar-refractivity contribution is 7.92. The fourth-order valence-corrected chi connectivity index (χ4v) is 4.50. The standard InChI is InChI=1S/C22H27Cl2N3O4S/c1-5-25-22(29)16(3)26(13-17-8-6-15(2)7-9-17)21(28)14-27(32(4,30)31)20-11-10-18(23)12-19(20)24/h6-12,16H,5,13-14H2,1-4H3,(H,25,29)/t16-/m1/s1. The number of amides is 2. The average molecular weight is 500 g/mol. The SMILES string of the molecule is CCNC(=O)[C@@H](C)N(Cc1ccc(C)cc1)C(=O)CN(c1ccc(Cl)cc1Cl)S(C)(=O)=O. The Balaban J connectivity index is 2.40. The maximum atomic E-state index is 13.3. The lowest BCUT2D eigenvalue weighted by atomic mass is 10.1. The molecule has 0 fully saturated rings. The predicted octanol–water partition coefficient (Wildman–Crippen LogP) is 3.62. The lowest BCUT2D eigenvalue weighted by molar-refractivity contribution is -0.139. The number of likely N-dealkylation sites (N-methyl/N-ethyl adjacent to an activating group) is 1. The van der Waals surface area contributed by atoms with Crippen LogP contribution in [0.25, 0.3) is 0 Å². The Bertz CT molecular complexity index is 1080. The molecule has 10 heteroatoms. The van der Waals surface area contributed by atoms with Crippen molar-refractivity contribution in [2.45, 2.75) is 33.4 Å². The van der Waals surface area contributed by atoms with Crippen LogP contribution in [-0.2, 0) is 26.2 Å². The van der Waals surface area contributed by atoms with Crippen LogP contribution in [0.2, 0.25) is 10.0 Å². The predicted molar refractivity (Wildman–Crippen MR) is 129 cm³/mol. The third kappa shape index (κ3) is 6.85. The molecule has 0 spiro atoms. The fourth-order valence-electron chi connectivity index (χ4n) is 3.07. The topological polar surface area (TPSA) is 86.8 Å². The maximum absolute atomic E-state index is 13.3. The minimum atomic E-state index is -3.86. The highest BCUT2D eigenvalue weighted by atomic mass is 35.5. The fraction of sp³-hybridized carbons (Fsp3) is 0.364. The van der Waals surface area contributed by atoms with Crippen LogP contribution in [0.15, 0.2) is 42.5 Å². The molecule has 2 aromatic rings. The van der Waals surface area contributed by atoms with E-state index in [2.05, 4.69) is 5.32 Å². The molecule has 0 heterocycles. The van der Waals surface area contributed by atoms with Crippen LogP contribution in [0.4, 0.5) is 5.69 Å². The molecule has 1 N–H and O–H groups in total. The minimum Gasteiger partial charge on any atom is -0.355 e. The van der Waals surface area contributed by atoms with Crippen molar-refractivity contribution in [3.8, 4) is 0 Å². The molecule has 0 aromatic heterocycles. The van der Waals surface area contributed by atoms with Crippen LogP contribution in [-0.4, -0.2) is 50.5 Å². The van der Waals surface area contributed by atoms with Crippen molar-refractivity contribution in [3.05, 3.63) is 63.6 Å². The molecule has 2 aromatic carbocycles. The molecule has 0 bridgehead atoms. The average Bonchev–Trinajstić information content (AvgIpc) is 2.71. The van der Waals surface area contributed by atoms with Crippen LogP contribution in [0.1, 0.15) is 25.0 Å². The van der Waals surface area contributed by atoms with Crippen LogP contribution in [0.3, 0.4) is 0 Å². The zero-order valence-electron chi connectivity index (χ0n) is 18.4. The van der Waals surface area contributed by atoms with Crippen molar-refractivity contribution in [1.82, 2.24) is 10.2 Å². The molecule has 0 saturated heterocycles. The summed E-state index contributed by atoms with van der Waals surface area (Å²) >= 11 is 12.1. The summed E-state index contributed by atoms with van der Waals surface area (Å²) in [6, 6.07) is 11.1. The number of nitrogens with zero attached hydrogens (tertiary/aromatic N) is 2. The van der Waals surface area contributed by atoms with Crippen LogP contribution >= 0.6 is 23.2 Å². The minimum absolute atomic E-state index is 0.0950. The van der Waals surface area contributed by atoms with Gasteiger partial charge in [-0.05, 0) is 44.5 Å². The number of aryl methyl sites for hydroxylation is 1. The lowest BCUT2D eigenvalue weighted by Gasteiger charge is -2.31. The van der Waals surface area contributed by atoms with Crippen molar-refractivity contribution >= 4 is 50.7 Å². The Hall–Kier alpha value is -2.29. The van der Waals surface area contributed by atoms with Gasteiger partial charge in [-0.15, -0.1) is 0 Å². The molecule has 32 heavy (non-hydrogen) atoms. The molecule has 0 aliphatic rings. The van der Waals surface area contributed by atoms with E-state index in [0.717, 1.165) is 21.7 Å². The Morgan fingerprint density at radius 1 is 1.09 bits per heavy atom. The van der Waals surface area contributed by atoms with Crippen molar-refractivity contribution in [1.29, 1.82) is 0 Å². The molecule has 2 amide bonds. The molecule has 0 aliphatic heterocycles. The van der Waals surface area contributed by atoms with Gasteiger partial charge in [0, 0.05) is 18.1 Å². The maximum Gasteiger partial charge on any atom is 0.244 e. The van der Waals surface area contributed by atoms with E-state index in [1.165, 1.54) is 23.1 Å². The number of carbonyl (C=O) groups is 2. The second-order valence-electron chi connectivity index (χ2n) is 7.44. The summed E-state index contributed by atoms with van der Waals surface area (Å²) in [5.41, 5.74) is 2.01. The van der Waals surface area contributed by atoms with Gasteiger partial charge in [-0.1, -0.05) is 53.0 Å². The zero-order valence-corrected chi connectivity index (χ0v) is 20.8. The number of carbonyl (C=O) groups excluding carboxylic acids is 2. The van der Waals surface area contributed by atoms with Gasteiger partial charge in [0.25, 0.3) is 0 Å².